The molecular formula is C18H21ClN2O3S. The van der Waals surface area contributed by atoms with E-state index in [-0.39, 0.29) is 10.8 Å². The number of hydrogen-bond acceptors (Lipinski definition) is 3. The summed E-state index contributed by atoms with van der Waals surface area (Å²) in [6.07, 6.45) is 1.88. The molecule has 7 heteroatoms. The first-order valence-electron chi connectivity index (χ1n) is 7.98. The molecular weight excluding hydrogens is 360 g/mol. The van der Waals surface area contributed by atoms with Gasteiger partial charge in [-0.25, -0.2) is 8.42 Å². The maximum Gasteiger partial charge on any atom is 0.261 e. The first-order chi connectivity index (χ1) is 11.8. The lowest BCUT2D eigenvalue weighted by atomic mass is 10.2. The Morgan fingerprint density at radius 3 is 2.56 bits per heavy atom. The molecule has 0 radical (unpaired) electrons. The molecule has 2 aromatic carbocycles. The zero-order valence-corrected chi connectivity index (χ0v) is 15.8. The summed E-state index contributed by atoms with van der Waals surface area (Å²) in [7, 11) is -2.13. The Morgan fingerprint density at radius 1 is 1.16 bits per heavy atom. The van der Waals surface area contributed by atoms with Gasteiger partial charge in [0.1, 0.15) is 0 Å². The summed E-state index contributed by atoms with van der Waals surface area (Å²) in [6.45, 7) is 2.68. The lowest BCUT2D eigenvalue weighted by Gasteiger charge is -2.17. The van der Waals surface area contributed by atoms with E-state index in [1.165, 1.54) is 12.1 Å². The van der Waals surface area contributed by atoms with Crippen molar-refractivity contribution < 1.29 is 13.2 Å². The van der Waals surface area contributed by atoms with Gasteiger partial charge in [0.15, 0.2) is 0 Å². The molecule has 0 heterocycles. The minimum Gasteiger partial charge on any atom is -0.342 e. The molecule has 0 unspecified atom stereocenters. The monoisotopic (exact) mass is 380 g/mol. The zero-order valence-electron chi connectivity index (χ0n) is 14.2. The van der Waals surface area contributed by atoms with E-state index in [4.69, 9.17) is 11.6 Å². The Bertz CT molecular complexity index is 853. The molecule has 1 amide bonds. The Morgan fingerprint density at radius 2 is 1.88 bits per heavy atom. The number of unbranched alkanes of at least 4 members (excludes halogenated alkanes) is 1. The maximum absolute atomic E-state index is 12.6. The molecule has 0 bridgehead atoms. The molecule has 2 rings (SSSR count). The van der Waals surface area contributed by atoms with Gasteiger partial charge in [0.05, 0.1) is 15.6 Å². The Kier molecular flexibility index (Phi) is 6.45. The van der Waals surface area contributed by atoms with E-state index in [0.29, 0.717) is 22.8 Å². The summed E-state index contributed by atoms with van der Waals surface area (Å²) < 4.78 is 27.6. The van der Waals surface area contributed by atoms with Crippen LogP contribution in [0.25, 0.3) is 0 Å². The third kappa shape index (κ3) is 4.96. The highest BCUT2D eigenvalue weighted by molar-refractivity contribution is 7.92. The van der Waals surface area contributed by atoms with Crippen molar-refractivity contribution in [1.29, 1.82) is 0 Å². The fraction of sp³-hybridized carbons (Fsp3) is 0.278. The standard InChI is InChI=1S/C18H21ClN2O3S/c1-3-4-12-21(2)18(22)14-8-7-9-15(13-14)25(23,24)20-17-11-6-5-10-16(17)19/h5-11,13,20H,3-4,12H2,1-2H3. The van der Waals surface area contributed by atoms with Crippen LogP contribution in [0.15, 0.2) is 53.4 Å². The highest BCUT2D eigenvalue weighted by Crippen LogP contribution is 2.24. The smallest absolute Gasteiger partial charge is 0.261 e. The fourth-order valence-electron chi connectivity index (χ4n) is 2.26. The van der Waals surface area contributed by atoms with Gasteiger partial charge in [0.2, 0.25) is 0 Å². The number of hydrogen-bond donors (Lipinski definition) is 1. The van der Waals surface area contributed by atoms with E-state index in [9.17, 15) is 13.2 Å². The molecule has 5 nitrogen and oxygen atoms in total. The number of nitrogens with zero attached hydrogens (tertiary/aromatic N) is 1. The molecule has 0 spiro atoms. The number of sulfonamides is 1. The molecule has 0 aliphatic carbocycles. The van der Waals surface area contributed by atoms with Crippen LogP contribution in [0.3, 0.4) is 0 Å². The summed E-state index contributed by atoms with van der Waals surface area (Å²) in [5.41, 5.74) is 0.626. The maximum atomic E-state index is 12.6. The number of amides is 1. The van der Waals surface area contributed by atoms with Crippen LogP contribution in [0.1, 0.15) is 30.1 Å². The molecule has 2 aromatic rings. The second-order valence-corrected chi connectivity index (χ2v) is 7.78. The van der Waals surface area contributed by atoms with Gasteiger partial charge in [-0.05, 0) is 36.8 Å². The second kappa shape index (κ2) is 8.36. The average molecular weight is 381 g/mol. The quantitative estimate of drug-likeness (QED) is 0.789. The summed E-state index contributed by atoms with van der Waals surface area (Å²) in [5.74, 6) is -0.205. The van der Waals surface area contributed by atoms with Crippen LogP contribution in [-0.4, -0.2) is 32.8 Å². The average Bonchev–Trinajstić information content (AvgIpc) is 2.61. The predicted molar refractivity (Wildman–Crippen MR) is 101 cm³/mol. The van der Waals surface area contributed by atoms with Gasteiger partial charge in [-0.15, -0.1) is 0 Å². The topological polar surface area (TPSA) is 66.5 Å². The van der Waals surface area contributed by atoms with E-state index in [1.807, 2.05) is 6.92 Å². The van der Waals surface area contributed by atoms with Crippen LogP contribution in [-0.2, 0) is 10.0 Å². The molecule has 0 aliphatic heterocycles. The summed E-state index contributed by atoms with van der Waals surface area (Å²) in [6, 6.07) is 12.6. The molecule has 134 valence electrons. The Hall–Kier alpha value is -2.05. The summed E-state index contributed by atoms with van der Waals surface area (Å²) >= 11 is 6.00. The van der Waals surface area contributed by atoms with E-state index in [1.54, 1.807) is 48.3 Å². The Balaban J connectivity index is 2.25. The number of nitrogens with one attached hydrogen (secondary N) is 1. The van der Waals surface area contributed by atoms with E-state index in [0.717, 1.165) is 12.8 Å². The molecule has 25 heavy (non-hydrogen) atoms. The van der Waals surface area contributed by atoms with Gasteiger partial charge in [-0.1, -0.05) is 43.1 Å². The number of carbonyl (C=O) groups is 1. The van der Waals surface area contributed by atoms with E-state index < -0.39 is 10.0 Å². The first-order valence-corrected chi connectivity index (χ1v) is 9.84. The number of anilines is 1. The molecule has 1 N–H and O–H groups in total. The summed E-state index contributed by atoms with van der Waals surface area (Å²) in [4.78, 5) is 14.0. The SMILES string of the molecule is CCCCN(C)C(=O)c1cccc(S(=O)(=O)Nc2ccccc2Cl)c1. The summed E-state index contributed by atoms with van der Waals surface area (Å²) in [5, 5.41) is 0.303. The number of halogens is 1. The van der Waals surface area contributed by atoms with Gasteiger partial charge >= 0.3 is 0 Å². The lowest BCUT2D eigenvalue weighted by Crippen LogP contribution is -2.28. The predicted octanol–water partition coefficient (Wildman–Crippen LogP) is 4.01. The van der Waals surface area contributed by atoms with Crippen molar-refractivity contribution in [2.24, 2.45) is 0 Å². The van der Waals surface area contributed by atoms with Crippen LogP contribution in [0.2, 0.25) is 5.02 Å². The van der Waals surface area contributed by atoms with Crippen LogP contribution < -0.4 is 4.72 Å². The molecule has 0 saturated carbocycles. The van der Waals surface area contributed by atoms with Gasteiger partial charge in [-0.2, -0.15) is 0 Å². The van der Waals surface area contributed by atoms with E-state index >= 15 is 0 Å². The largest absolute Gasteiger partial charge is 0.342 e. The highest BCUT2D eigenvalue weighted by Gasteiger charge is 2.19. The van der Waals surface area contributed by atoms with Crippen LogP contribution in [0.5, 0.6) is 0 Å². The minimum atomic E-state index is -3.84. The van der Waals surface area contributed by atoms with Gasteiger partial charge in [0.25, 0.3) is 15.9 Å². The number of benzene rings is 2. The second-order valence-electron chi connectivity index (χ2n) is 5.69. The van der Waals surface area contributed by atoms with E-state index in [2.05, 4.69) is 4.72 Å². The molecule has 0 saturated heterocycles. The van der Waals surface area contributed by atoms with Gasteiger partial charge < -0.3 is 4.90 Å². The normalized spacial score (nSPS) is 11.2. The number of carbonyl (C=O) groups excluding carboxylic acids is 1. The van der Waals surface area contributed by atoms with Crippen LogP contribution in [0.4, 0.5) is 5.69 Å². The van der Waals surface area contributed by atoms with Crippen molar-refractivity contribution >= 4 is 33.2 Å². The van der Waals surface area contributed by atoms with Gasteiger partial charge in [-0.3, -0.25) is 9.52 Å². The van der Waals surface area contributed by atoms with Crippen molar-refractivity contribution in [2.45, 2.75) is 24.7 Å². The first kappa shape index (κ1) is 19.3. The third-order valence-corrected chi connectivity index (χ3v) is 5.40. The molecule has 0 fully saturated rings. The Labute approximate surface area is 153 Å². The fourth-order valence-corrected chi connectivity index (χ4v) is 3.63. The van der Waals surface area contributed by atoms with Crippen molar-refractivity contribution in [3.05, 3.63) is 59.1 Å². The molecule has 0 aromatic heterocycles. The minimum absolute atomic E-state index is 0.0159. The number of para-hydroxylation sites is 1. The van der Waals surface area contributed by atoms with Crippen LogP contribution in [0, 0.1) is 0 Å². The van der Waals surface area contributed by atoms with Crippen molar-refractivity contribution in [1.82, 2.24) is 4.90 Å². The number of rotatable bonds is 7. The highest BCUT2D eigenvalue weighted by atomic mass is 35.5. The van der Waals surface area contributed by atoms with Crippen molar-refractivity contribution in [3.63, 3.8) is 0 Å². The molecule has 0 atom stereocenters. The van der Waals surface area contributed by atoms with Crippen molar-refractivity contribution in [2.75, 3.05) is 18.3 Å². The third-order valence-electron chi connectivity index (χ3n) is 3.70. The zero-order chi connectivity index (χ0) is 18.4. The van der Waals surface area contributed by atoms with Crippen molar-refractivity contribution in [3.8, 4) is 0 Å². The lowest BCUT2D eigenvalue weighted by molar-refractivity contribution is 0.0793. The van der Waals surface area contributed by atoms with Crippen LogP contribution >= 0.6 is 11.6 Å². The van der Waals surface area contributed by atoms with Gasteiger partial charge in [0, 0.05) is 19.2 Å². The molecule has 0 aliphatic rings.